The number of nitrogens with zero attached hydrogens (tertiary/aromatic N) is 3. The van der Waals surface area contributed by atoms with E-state index in [1.54, 1.807) is 0 Å². The molecule has 0 radical (unpaired) electrons. The van der Waals surface area contributed by atoms with Crippen molar-refractivity contribution >= 4 is 43.1 Å². The van der Waals surface area contributed by atoms with E-state index < -0.39 is 9.84 Å². The average molecular weight is 457 g/mol. The van der Waals surface area contributed by atoms with Crippen molar-refractivity contribution in [3.05, 3.63) is 52.2 Å². The van der Waals surface area contributed by atoms with E-state index in [1.807, 2.05) is 24.0 Å². The summed E-state index contributed by atoms with van der Waals surface area (Å²) >= 11 is 1.40. The van der Waals surface area contributed by atoms with E-state index in [4.69, 9.17) is 0 Å². The van der Waals surface area contributed by atoms with Crippen LogP contribution in [0.2, 0.25) is 0 Å². The number of sulfone groups is 1. The molecule has 162 valence electrons. The van der Waals surface area contributed by atoms with Crippen molar-refractivity contribution in [1.29, 1.82) is 0 Å². The van der Waals surface area contributed by atoms with Crippen LogP contribution in [0.1, 0.15) is 32.8 Å². The lowest BCUT2D eigenvalue weighted by atomic mass is 9.99. The third-order valence-electron chi connectivity index (χ3n) is 6.22. The Morgan fingerprint density at radius 2 is 2.06 bits per heavy atom. The first-order valence-electron chi connectivity index (χ1n) is 10.5. The maximum atomic E-state index is 13.4. The smallest absolute Gasteiger partial charge is 0.264 e. The Kier molecular flexibility index (Phi) is 5.18. The molecule has 7 nitrogen and oxygen atoms in total. The molecule has 0 aliphatic carbocycles. The molecule has 1 saturated heterocycles. The quantitative estimate of drug-likeness (QED) is 0.649. The molecule has 3 aromatic rings. The standard InChI is InChI=1S/C22H24N4O3S2/c1-14-18-20(23-10-15-7-9-31(28,29)12-15)24-13-25-21(18)30-19(14)22(27)26-8-6-16-4-2-3-5-17(16)11-26/h2-5,13,15H,6-12H2,1H3,(H,23,24,25). The summed E-state index contributed by atoms with van der Waals surface area (Å²) in [7, 11) is -2.91. The SMILES string of the molecule is Cc1c(C(=O)N2CCc3ccccc3C2)sc2ncnc(NCC3CCS(=O)(=O)C3)c12. The van der Waals surface area contributed by atoms with Crippen molar-refractivity contribution in [3.8, 4) is 0 Å². The lowest BCUT2D eigenvalue weighted by Crippen LogP contribution is -2.35. The summed E-state index contributed by atoms with van der Waals surface area (Å²) in [4.78, 5) is 25.5. The van der Waals surface area contributed by atoms with Crippen LogP contribution in [-0.2, 0) is 22.8 Å². The number of anilines is 1. The van der Waals surface area contributed by atoms with Crippen LogP contribution in [0.5, 0.6) is 0 Å². The van der Waals surface area contributed by atoms with Crippen molar-refractivity contribution in [3.63, 3.8) is 0 Å². The van der Waals surface area contributed by atoms with Crippen LogP contribution in [0.3, 0.4) is 0 Å². The molecule has 9 heteroatoms. The molecule has 1 unspecified atom stereocenters. The van der Waals surface area contributed by atoms with E-state index in [0.29, 0.717) is 36.8 Å². The number of carbonyl (C=O) groups excluding carboxylic acids is 1. The van der Waals surface area contributed by atoms with Crippen LogP contribution < -0.4 is 5.32 Å². The van der Waals surface area contributed by atoms with E-state index in [9.17, 15) is 13.2 Å². The fraction of sp³-hybridized carbons (Fsp3) is 0.409. The number of hydrogen-bond donors (Lipinski definition) is 1. The van der Waals surface area contributed by atoms with Gasteiger partial charge in [-0.2, -0.15) is 0 Å². The van der Waals surface area contributed by atoms with E-state index in [-0.39, 0.29) is 23.3 Å². The van der Waals surface area contributed by atoms with Crippen LogP contribution in [0, 0.1) is 12.8 Å². The monoisotopic (exact) mass is 456 g/mol. The molecule has 2 aliphatic heterocycles. The first kappa shape index (κ1) is 20.4. The van der Waals surface area contributed by atoms with Gasteiger partial charge in [0.2, 0.25) is 0 Å². The number of thiophene rings is 1. The van der Waals surface area contributed by atoms with Gasteiger partial charge >= 0.3 is 0 Å². The number of carbonyl (C=O) groups is 1. The summed E-state index contributed by atoms with van der Waals surface area (Å²) in [6, 6.07) is 8.27. The van der Waals surface area contributed by atoms with Crippen molar-refractivity contribution in [1.82, 2.24) is 14.9 Å². The topological polar surface area (TPSA) is 92.3 Å². The molecule has 0 spiro atoms. The van der Waals surface area contributed by atoms with Gasteiger partial charge in [-0.15, -0.1) is 11.3 Å². The summed E-state index contributed by atoms with van der Waals surface area (Å²) in [5.41, 5.74) is 3.39. The lowest BCUT2D eigenvalue weighted by Gasteiger charge is -2.28. The number of fused-ring (bicyclic) bond motifs is 2. The third-order valence-corrected chi connectivity index (χ3v) is 9.25. The molecule has 1 aromatic carbocycles. The summed E-state index contributed by atoms with van der Waals surface area (Å²) in [6.07, 6.45) is 3.03. The van der Waals surface area contributed by atoms with Gasteiger partial charge in [0.05, 0.1) is 21.8 Å². The summed E-state index contributed by atoms with van der Waals surface area (Å²) < 4.78 is 23.5. The zero-order valence-corrected chi connectivity index (χ0v) is 18.9. The van der Waals surface area contributed by atoms with Gasteiger partial charge in [-0.3, -0.25) is 4.79 Å². The minimum atomic E-state index is -2.91. The number of nitrogens with one attached hydrogen (secondary N) is 1. The zero-order chi connectivity index (χ0) is 21.6. The number of benzene rings is 1. The normalized spacial score (nSPS) is 20.0. The lowest BCUT2D eigenvalue weighted by molar-refractivity contribution is 0.0739. The van der Waals surface area contributed by atoms with Gasteiger partial charge in [-0.1, -0.05) is 24.3 Å². The van der Waals surface area contributed by atoms with Gasteiger partial charge in [0, 0.05) is 19.6 Å². The molecular formula is C22H24N4O3S2. The van der Waals surface area contributed by atoms with E-state index >= 15 is 0 Å². The molecule has 1 N–H and O–H groups in total. The minimum absolute atomic E-state index is 0.0304. The molecule has 0 saturated carbocycles. The summed E-state index contributed by atoms with van der Waals surface area (Å²) in [5.74, 6) is 1.27. The molecule has 1 atom stereocenters. The zero-order valence-electron chi connectivity index (χ0n) is 17.3. The molecule has 2 aliphatic rings. The highest BCUT2D eigenvalue weighted by Gasteiger charge is 2.29. The molecule has 1 amide bonds. The van der Waals surface area contributed by atoms with E-state index in [0.717, 1.165) is 22.2 Å². The van der Waals surface area contributed by atoms with E-state index in [1.165, 1.54) is 28.8 Å². The van der Waals surface area contributed by atoms with Gasteiger partial charge in [0.1, 0.15) is 17.0 Å². The van der Waals surface area contributed by atoms with Crippen molar-refractivity contribution in [2.24, 2.45) is 5.92 Å². The fourth-order valence-corrected chi connectivity index (χ4v) is 7.47. The number of aromatic nitrogens is 2. The number of rotatable bonds is 4. The first-order valence-corrected chi connectivity index (χ1v) is 13.1. The fourth-order valence-electron chi connectivity index (χ4n) is 4.50. The molecule has 2 aromatic heterocycles. The molecule has 31 heavy (non-hydrogen) atoms. The molecule has 4 heterocycles. The predicted molar refractivity (Wildman–Crippen MR) is 122 cm³/mol. The molecule has 0 bridgehead atoms. The second-order valence-corrected chi connectivity index (χ2v) is 11.6. The Balaban J connectivity index is 1.39. The Bertz CT molecular complexity index is 1270. The predicted octanol–water partition coefficient (Wildman–Crippen LogP) is 3.04. The van der Waals surface area contributed by atoms with Gasteiger partial charge in [0.25, 0.3) is 5.91 Å². The maximum absolute atomic E-state index is 13.4. The first-order chi connectivity index (χ1) is 14.9. The Morgan fingerprint density at radius 3 is 2.84 bits per heavy atom. The maximum Gasteiger partial charge on any atom is 0.264 e. The van der Waals surface area contributed by atoms with Crippen molar-refractivity contribution in [2.45, 2.75) is 26.3 Å². The van der Waals surface area contributed by atoms with Crippen molar-refractivity contribution < 1.29 is 13.2 Å². The van der Waals surface area contributed by atoms with Crippen LogP contribution >= 0.6 is 11.3 Å². The van der Waals surface area contributed by atoms with E-state index in [2.05, 4.69) is 27.4 Å². The minimum Gasteiger partial charge on any atom is -0.369 e. The summed E-state index contributed by atoms with van der Waals surface area (Å²) in [5, 5.41) is 4.17. The molecule has 5 rings (SSSR count). The second kappa shape index (κ2) is 7.87. The van der Waals surface area contributed by atoms with Crippen LogP contribution in [-0.4, -0.2) is 53.8 Å². The largest absolute Gasteiger partial charge is 0.369 e. The van der Waals surface area contributed by atoms with Crippen LogP contribution in [0.15, 0.2) is 30.6 Å². The molecular weight excluding hydrogens is 432 g/mol. The highest BCUT2D eigenvalue weighted by molar-refractivity contribution is 7.91. The third kappa shape index (κ3) is 3.92. The summed E-state index contributed by atoms with van der Waals surface area (Å²) in [6.45, 7) is 3.82. The number of hydrogen-bond acceptors (Lipinski definition) is 7. The van der Waals surface area contributed by atoms with Gasteiger partial charge in [-0.25, -0.2) is 18.4 Å². The number of aryl methyl sites for hydroxylation is 1. The average Bonchev–Trinajstić information content (AvgIpc) is 3.30. The highest BCUT2D eigenvalue weighted by Crippen LogP contribution is 2.35. The number of amides is 1. The van der Waals surface area contributed by atoms with Crippen molar-refractivity contribution in [2.75, 3.05) is 29.9 Å². The Hall–Kier alpha value is -2.52. The van der Waals surface area contributed by atoms with Gasteiger partial charge in [-0.05, 0) is 42.4 Å². The van der Waals surface area contributed by atoms with Crippen LogP contribution in [0.25, 0.3) is 10.2 Å². The Labute approximate surface area is 185 Å². The van der Waals surface area contributed by atoms with Crippen LogP contribution in [0.4, 0.5) is 5.82 Å². The molecule has 1 fully saturated rings. The van der Waals surface area contributed by atoms with Gasteiger partial charge in [0.15, 0.2) is 9.84 Å². The highest BCUT2D eigenvalue weighted by atomic mass is 32.2. The van der Waals surface area contributed by atoms with Gasteiger partial charge < -0.3 is 10.2 Å². The Morgan fingerprint density at radius 1 is 1.26 bits per heavy atom. The second-order valence-electron chi connectivity index (χ2n) is 8.35.